The number of halogens is 7. The first-order valence-corrected chi connectivity index (χ1v) is 13.8. The summed E-state index contributed by atoms with van der Waals surface area (Å²) in [6.45, 7) is 3.41. The highest BCUT2D eigenvalue weighted by Gasteiger charge is 2.51. The van der Waals surface area contributed by atoms with E-state index in [1.807, 2.05) is 6.26 Å². The number of carbonyl (C=O) groups excluding carboxylic acids is 2. The predicted molar refractivity (Wildman–Crippen MR) is 144 cm³/mol. The van der Waals surface area contributed by atoms with Crippen molar-refractivity contribution in [1.29, 1.82) is 0 Å². The van der Waals surface area contributed by atoms with Crippen LogP contribution in [0.15, 0.2) is 59.7 Å². The fraction of sp³-hybridized carbons (Fsp3) is 0.357. The summed E-state index contributed by atoms with van der Waals surface area (Å²) in [6.07, 6.45) is -3.82. The minimum atomic E-state index is -4.97. The minimum absolute atomic E-state index is 0.0758. The van der Waals surface area contributed by atoms with Crippen LogP contribution in [0.2, 0.25) is 0 Å². The molecule has 0 radical (unpaired) electrons. The fourth-order valence-electron chi connectivity index (χ4n) is 4.91. The van der Waals surface area contributed by atoms with Crippen LogP contribution in [-0.4, -0.2) is 29.9 Å². The van der Waals surface area contributed by atoms with E-state index in [9.17, 15) is 35.9 Å². The molecule has 12 heteroatoms. The Balaban J connectivity index is 2.05. The van der Waals surface area contributed by atoms with Gasteiger partial charge in [-0.05, 0) is 73.1 Å². The van der Waals surface area contributed by atoms with Crippen molar-refractivity contribution in [3.8, 4) is 0 Å². The predicted octanol–water partition coefficient (Wildman–Crippen LogP) is 6.52. The van der Waals surface area contributed by atoms with E-state index in [4.69, 9.17) is 17.3 Å². The maximum absolute atomic E-state index is 13.4. The second kappa shape index (κ2) is 11.9. The number of alkyl halides is 6. The van der Waals surface area contributed by atoms with Gasteiger partial charge in [-0.3, -0.25) is 9.59 Å². The lowest BCUT2D eigenvalue weighted by Gasteiger charge is -2.38. The van der Waals surface area contributed by atoms with Crippen molar-refractivity contribution in [1.82, 2.24) is 5.32 Å². The van der Waals surface area contributed by atoms with Gasteiger partial charge in [-0.25, -0.2) is 0 Å². The molecule has 0 aliphatic heterocycles. The standard InChI is InChI=1S/C28H27ClF6N2O2S/c1-15-9-17(10-18-11-19(27(30,31)32)13-20(12-18)28(33,34)35)6-7-21(15)26(25(36)39)8-4-5-22(29)23(26)24(38)37-16(2)14-40-3/h4-9,11-13,16,23H,10,14H2,1-3H3,(H2,36,39)(H,37,38)/t16-,23?,26?/m0/s1. The van der Waals surface area contributed by atoms with Crippen LogP contribution in [0.1, 0.15) is 40.3 Å². The molecule has 3 rings (SSSR count). The highest BCUT2D eigenvalue weighted by molar-refractivity contribution is 7.98. The molecule has 40 heavy (non-hydrogen) atoms. The molecule has 0 bridgehead atoms. The largest absolute Gasteiger partial charge is 0.416 e. The third-order valence-corrected chi connectivity index (χ3v) is 7.79. The monoisotopic (exact) mass is 604 g/mol. The quantitative estimate of drug-likeness (QED) is 0.337. The van der Waals surface area contributed by atoms with E-state index in [2.05, 4.69) is 5.32 Å². The maximum Gasteiger partial charge on any atom is 0.416 e. The van der Waals surface area contributed by atoms with Gasteiger partial charge in [0.2, 0.25) is 11.8 Å². The van der Waals surface area contributed by atoms with Gasteiger partial charge in [0, 0.05) is 16.8 Å². The molecule has 0 aromatic heterocycles. The molecule has 216 valence electrons. The van der Waals surface area contributed by atoms with E-state index < -0.39 is 46.6 Å². The molecular weight excluding hydrogens is 578 g/mol. The van der Waals surface area contributed by atoms with Crippen molar-refractivity contribution in [3.63, 3.8) is 0 Å². The molecule has 0 spiro atoms. The van der Waals surface area contributed by atoms with Crippen molar-refractivity contribution in [2.75, 3.05) is 12.0 Å². The molecule has 0 heterocycles. The van der Waals surface area contributed by atoms with E-state index in [1.165, 1.54) is 42.1 Å². The first-order chi connectivity index (χ1) is 18.5. The highest BCUT2D eigenvalue weighted by atomic mass is 35.5. The smallest absolute Gasteiger partial charge is 0.369 e. The average molecular weight is 605 g/mol. The molecule has 0 saturated carbocycles. The Morgan fingerprint density at radius 1 is 1.05 bits per heavy atom. The number of hydrogen-bond acceptors (Lipinski definition) is 3. The van der Waals surface area contributed by atoms with Gasteiger partial charge >= 0.3 is 12.4 Å². The molecule has 1 aliphatic carbocycles. The van der Waals surface area contributed by atoms with Gasteiger partial charge in [0.1, 0.15) is 5.41 Å². The summed E-state index contributed by atoms with van der Waals surface area (Å²) in [4.78, 5) is 26.4. The number of thioether (sulfide) groups is 1. The maximum atomic E-state index is 13.4. The zero-order valence-electron chi connectivity index (χ0n) is 21.7. The Labute approximate surface area is 237 Å². The summed E-state index contributed by atoms with van der Waals surface area (Å²) < 4.78 is 79.8. The second-order valence-corrected chi connectivity index (χ2v) is 11.0. The van der Waals surface area contributed by atoms with E-state index in [-0.39, 0.29) is 29.1 Å². The number of hydrogen-bond donors (Lipinski definition) is 2. The zero-order valence-corrected chi connectivity index (χ0v) is 23.3. The SMILES string of the molecule is CSC[C@H](C)NC(=O)C1C(Cl)=CC=CC1(C(N)=O)c1ccc(Cc2cc(C(F)(F)F)cc(C(F)(F)F)c2)cc1C. The van der Waals surface area contributed by atoms with Crippen molar-refractivity contribution in [2.45, 2.75) is 44.1 Å². The minimum Gasteiger partial charge on any atom is -0.369 e. The summed E-state index contributed by atoms with van der Waals surface area (Å²) in [6, 6.07) is 5.71. The van der Waals surface area contributed by atoms with Crippen molar-refractivity contribution < 1.29 is 35.9 Å². The third kappa shape index (κ3) is 6.68. The highest BCUT2D eigenvalue weighted by Crippen LogP contribution is 2.44. The normalized spacial score (nSPS) is 20.1. The number of aryl methyl sites for hydroxylation is 1. The van der Waals surface area contributed by atoms with Crippen LogP contribution in [0, 0.1) is 12.8 Å². The van der Waals surface area contributed by atoms with E-state index in [1.54, 1.807) is 19.9 Å². The van der Waals surface area contributed by atoms with Gasteiger partial charge in [-0.1, -0.05) is 42.0 Å². The Morgan fingerprint density at radius 3 is 2.15 bits per heavy atom. The molecule has 0 fully saturated rings. The molecule has 3 N–H and O–H groups in total. The Kier molecular flexibility index (Phi) is 9.40. The number of allylic oxidation sites excluding steroid dienone is 2. The summed E-state index contributed by atoms with van der Waals surface area (Å²) in [7, 11) is 0. The zero-order chi connectivity index (χ0) is 30.0. The van der Waals surface area contributed by atoms with Crippen molar-refractivity contribution >= 4 is 35.2 Å². The summed E-state index contributed by atoms with van der Waals surface area (Å²) >= 11 is 7.98. The van der Waals surface area contributed by atoms with Crippen LogP contribution in [-0.2, 0) is 33.8 Å². The average Bonchev–Trinajstić information content (AvgIpc) is 2.82. The Morgan fingerprint density at radius 2 is 1.65 bits per heavy atom. The second-order valence-electron chi connectivity index (χ2n) is 9.68. The summed E-state index contributed by atoms with van der Waals surface area (Å²) in [5, 5.41) is 2.93. The number of nitrogens with two attached hydrogens (primary N) is 1. The molecular formula is C28H27ClF6N2O2S. The Hall–Kier alpha value is -2.92. The first-order valence-electron chi connectivity index (χ1n) is 12.0. The van der Waals surface area contributed by atoms with Crippen LogP contribution in [0.5, 0.6) is 0 Å². The molecule has 2 aromatic rings. The third-order valence-electron chi connectivity index (χ3n) is 6.61. The van der Waals surface area contributed by atoms with Crippen LogP contribution in [0.3, 0.4) is 0 Å². The lowest BCUT2D eigenvalue weighted by molar-refractivity contribution is -0.143. The molecule has 2 aromatic carbocycles. The number of amides is 2. The van der Waals surface area contributed by atoms with Crippen LogP contribution in [0.4, 0.5) is 26.3 Å². The lowest BCUT2D eigenvalue weighted by Crippen LogP contribution is -2.54. The number of rotatable bonds is 8. The van der Waals surface area contributed by atoms with Gasteiger partial charge in [0.15, 0.2) is 0 Å². The molecule has 3 atom stereocenters. The molecule has 4 nitrogen and oxygen atoms in total. The fourth-order valence-corrected chi connectivity index (χ4v) is 5.84. The lowest BCUT2D eigenvalue weighted by atomic mass is 9.65. The number of nitrogens with one attached hydrogen (secondary N) is 1. The van der Waals surface area contributed by atoms with E-state index in [0.29, 0.717) is 34.6 Å². The van der Waals surface area contributed by atoms with Gasteiger partial charge < -0.3 is 11.1 Å². The van der Waals surface area contributed by atoms with E-state index in [0.717, 1.165) is 0 Å². The number of benzene rings is 2. The molecule has 2 unspecified atom stereocenters. The summed E-state index contributed by atoms with van der Waals surface area (Å²) in [5.74, 6) is -1.95. The van der Waals surface area contributed by atoms with Gasteiger partial charge in [-0.15, -0.1) is 0 Å². The number of carbonyl (C=O) groups is 2. The van der Waals surface area contributed by atoms with E-state index >= 15 is 0 Å². The van der Waals surface area contributed by atoms with Crippen molar-refractivity contribution in [2.24, 2.45) is 11.7 Å². The molecule has 0 saturated heterocycles. The van der Waals surface area contributed by atoms with Gasteiger partial charge in [-0.2, -0.15) is 38.1 Å². The first kappa shape index (κ1) is 31.6. The number of primary amides is 1. The van der Waals surface area contributed by atoms with Crippen LogP contribution < -0.4 is 11.1 Å². The molecule has 2 amide bonds. The topological polar surface area (TPSA) is 72.2 Å². The van der Waals surface area contributed by atoms with Crippen molar-refractivity contribution in [3.05, 3.63) is 93.0 Å². The van der Waals surface area contributed by atoms with Crippen LogP contribution >= 0.6 is 23.4 Å². The summed E-state index contributed by atoms with van der Waals surface area (Å²) in [5.41, 5.74) is 2.38. The van der Waals surface area contributed by atoms with Crippen LogP contribution in [0.25, 0.3) is 0 Å². The van der Waals surface area contributed by atoms with Gasteiger partial charge in [0.25, 0.3) is 0 Å². The van der Waals surface area contributed by atoms with Gasteiger partial charge in [0.05, 0.1) is 17.0 Å². The molecule has 1 aliphatic rings. The Bertz CT molecular complexity index is 1320.